The number of anilines is 1. The fourth-order valence-corrected chi connectivity index (χ4v) is 3.20. The molecular weight excluding hydrogens is 370 g/mol. The second-order valence-electron chi connectivity index (χ2n) is 8.09. The highest BCUT2D eigenvalue weighted by molar-refractivity contribution is 5.91. The number of amides is 1. The number of fused-ring (bicyclic) bond motifs is 1. The molecule has 0 aliphatic carbocycles. The maximum absolute atomic E-state index is 12.8. The minimum Gasteiger partial charge on any atom is -0.489 e. The van der Waals surface area contributed by atoms with Gasteiger partial charge < -0.3 is 14.2 Å². The van der Waals surface area contributed by atoms with Crippen LogP contribution in [0.25, 0.3) is 0 Å². The third kappa shape index (κ3) is 5.50. The third-order valence-corrected chi connectivity index (χ3v) is 4.49. The normalized spacial score (nSPS) is 15.6. The first-order valence-corrected chi connectivity index (χ1v) is 9.67. The van der Waals surface area contributed by atoms with E-state index in [4.69, 9.17) is 14.2 Å². The van der Waals surface area contributed by atoms with Crippen LogP contribution in [0.3, 0.4) is 0 Å². The summed E-state index contributed by atoms with van der Waals surface area (Å²) in [5, 5.41) is 0. The lowest BCUT2D eigenvalue weighted by atomic mass is 10.0. The fraction of sp³-hybridized carbons (Fsp3) is 0.391. The van der Waals surface area contributed by atoms with E-state index >= 15 is 0 Å². The van der Waals surface area contributed by atoms with Crippen LogP contribution in [-0.4, -0.2) is 30.8 Å². The lowest BCUT2D eigenvalue weighted by Gasteiger charge is -2.25. The Bertz CT molecular complexity index is 873. The molecule has 6 nitrogen and oxygen atoms in total. The summed E-state index contributed by atoms with van der Waals surface area (Å²) in [5.41, 5.74) is 2.11. The number of esters is 1. The monoisotopic (exact) mass is 397 g/mol. The molecule has 0 saturated carbocycles. The predicted molar refractivity (Wildman–Crippen MR) is 110 cm³/mol. The number of carbonyl (C=O) groups is 2. The maximum Gasteiger partial charge on any atom is 0.414 e. The summed E-state index contributed by atoms with van der Waals surface area (Å²) in [5.74, 6) is 0.212. The Kier molecular flexibility index (Phi) is 6.11. The molecule has 6 heteroatoms. The maximum atomic E-state index is 12.8. The van der Waals surface area contributed by atoms with E-state index in [2.05, 4.69) is 0 Å². The van der Waals surface area contributed by atoms with Gasteiger partial charge in [0.25, 0.3) is 0 Å². The predicted octanol–water partition coefficient (Wildman–Crippen LogP) is 4.67. The number of carbonyl (C=O) groups excluding carboxylic acids is 2. The molecule has 0 bridgehead atoms. The molecule has 1 atom stereocenters. The molecule has 154 valence electrons. The summed E-state index contributed by atoms with van der Waals surface area (Å²) < 4.78 is 16.7. The molecule has 3 rings (SSSR count). The van der Waals surface area contributed by atoms with Gasteiger partial charge in [-0.2, -0.15) is 0 Å². The van der Waals surface area contributed by atoms with Crippen LogP contribution in [0.1, 0.15) is 44.7 Å². The summed E-state index contributed by atoms with van der Waals surface area (Å²) >= 11 is 0. The second-order valence-corrected chi connectivity index (χ2v) is 8.09. The van der Waals surface area contributed by atoms with Gasteiger partial charge >= 0.3 is 12.1 Å². The molecule has 0 radical (unpaired) electrons. The van der Waals surface area contributed by atoms with Gasteiger partial charge in [0.15, 0.2) is 0 Å². The summed E-state index contributed by atoms with van der Waals surface area (Å²) in [6.07, 6.45) is -0.427. The van der Waals surface area contributed by atoms with Gasteiger partial charge in [-0.3, -0.25) is 9.69 Å². The van der Waals surface area contributed by atoms with Gasteiger partial charge in [0.2, 0.25) is 0 Å². The minimum absolute atomic E-state index is 0.107. The molecule has 2 aromatic rings. The van der Waals surface area contributed by atoms with Crippen LogP contribution in [0.2, 0.25) is 0 Å². The van der Waals surface area contributed by atoms with Crippen LogP contribution < -0.4 is 9.64 Å². The van der Waals surface area contributed by atoms with E-state index in [-0.39, 0.29) is 18.5 Å². The van der Waals surface area contributed by atoms with Crippen molar-refractivity contribution >= 4 is 17.7 Å². The number of nitrogens with zero attached hydrogens (tertiary/aromatic N) is 1. The van der Waals surface area contributed by atoms with Crippen LogP contribution in [0.15, 0.2) is 48.5 Å². The van der Waals surface area contributed by atoms with Crippen molar-refractivity contribution in [3.63, 3.8) is 0 Å². The SMILES string of the molecule is CC(=O)OC[C@H]1CN(C(=O)OC(C)(C)C)c2cc(OCc3ccccc3)ccc21. The molecule has 0 fully saturated rings. The van der Waals surface area contributed by atoms with Crippen molar-refractivity contribution in [2.45, 2.75) is 45.8 Å². The summed E-state index contributed by atoms with van der Waals surface area (Å²) in [7, 11) is 0. The molecule has 1 heterocycles. The number of hydrogen-bond donors (Lipinski definition) is 0. The quantitative estimate of drug-likeness (QED) is 0.686. The van der Waals surface area contributed by atoms with Crippen LogP contribution in [0, 0.1) is 0 Å². The molecule has 0 saturated heterocycles. The van der Waals surface area contributed by atoms with Gasteiger partial charge in [0.1, 0.15) is 18.0 Å². The Morgan fingerprint density at radius 1 is 1.10 bits per heavy atom. The fourth-order valence-electron chi connectivity index (χ4n) is 3.20. The largest absolute Gasteiger partial charge is 0.489 e. The van der Waals surface area contributed by atoms with Crippen molar-refractivity contribution < 1.29 is 23.8 Å². The highest BCUT2D eigenvalue weighted by Gasteiger charge is 2.35. The van der Waals surface area contributed by atoms with E-state index in [1.54, 1.807) is 4.90 Å². The molecule has 29 heavy (non-hydrogen) atoms. The Balaban J connectivity index is 1.81. The molecular formula is C23H27NO5. The van der Waals surface area contributed by atoms with Crippen molar-refractivity contribution in [1.82, 2.24) is 0 Å². The van der Waals surface area contributed by atoms with Crippen molar-refractivity contribution in [2.75, 3.05) is 18.1 Å². The molecule has 0 unspecified atom stereocenters. The number of ether oxygens (including phenoxy) is 3. The van der Waals surface area contributed by atoms with Gasteiger partial charge in [-0.1, -0.05) is 36.4 Å². The first-order valence-electron chi connectivity index (χ1n) is 9.67. The smallest absolute Gasteiger partial charge is 0.414 e. The molecule has 0 aromatic heterocycles. The van der Waals surface area contributed by atoms with E-state index in [0.29, 0.717) is 18.9 Å². The standard InChI is InChI=1S/C23H27NO5/c1-16(25)27-15-18-13-24(22(26)29-23(2,3)4)21-12-19(10-11-20(18)21)28-14-17-8-6-5-7-9-17/h5-12,18H,13-15H2,1-4H3/t18-/m1/s1. The molecule has 0 spiro atoms. The zero-order valence-electron chi connectivity index (χ0n) is 17.3. The lowest BCUT2D eigenvalue weighted by molar-refractivity contribution is -0.141. The Morgan fingerprint density at radius 3 is 2.48 bits per heavy atom. The average molecular weight is 397 g/mol. The highest BCUT2D eigenvalue weighted by atomic mass is 16.6. The van der Waals surface area contributed by atoms with Crippen molar-refractivity contribution in [2.24, 2.45) is 0 Å². The lowest BCUT2D eigenvalue weighted by Crippen LogP contribution is -2.36. The Hall–Kier alpha value is -3.02. The first-order chi connectivity index (χ1) is 13.7. The summed E-state index contributed by atoms with van der Waals surface area (Å²) in [4.78, 5) is 25.6. The topological polar surface area (TPSA) is 65.1 Å². The molecule has 1 aliphatic rings. The third-order valence-electron chi connectivity index (χ3n) is 4.49. The van der Waals surface area contributed by atoms with Gasteiger partial charge in [-0.25, -0.2) is 4.79 Å². The van der Waals surface area contributed by atoms with Crippen LogP contribution in [-0.2, 0) is 20.9 Å². The number of benzene rings is 2. The summed E-state index contributed by atoms with van der Waals surface area (Å²) in [6, 6.07) is 15.5. The van der Waals surface area contributed by atoms with Crippen LogP contribution in [0.4, 0.5) is 10.5 Å². The highest BCUT2D eigenvalue weighted by Crippen LogP contribution is 2.39. The van der Waals surface area contributed by atoms with Crippen molar-refractivity contribution in [3.8, 4) is 5.75 Å². The van der Waals surface area contributed by atoms with Gasteiger partial charge in [-0.15, -0.1) is 0 Å². The van der Waals surface area contributed by atoms with Crippen LogP contribution >= 0.6 is 0 Å². The molecule has 2 aromatic carbocycles. The molecule has 1 aliphatic heterocycles. The average Bonchev–Trinajstić information content (AvgIpc) is 3.02. The van der Waals surface area contributed by atoms with E-state index in [1.165, 1.54) is 6.92 Å². The summed E-state index contributed by atoms with van der Waals surface area (Å²) in [6.45, 7) is 7.91. The van der Waals surface area contributed by atoms with E-state index in [0.717, 1.165) is 16.8 Å². The Morgan fingerprint density at radius 2 is 1.83 bits per heavy atom. The first kappa shape index (κ1) is 20.7. The molecule has 0 N–H and O–H groups in total. The van der Waals surface area contributed by atoms with Gasteiger partial charge in [0, 0.05) is 25.5 Å². The molecule has 1 amide bonds. The number of rotatable bonds is 5. The van der Waals surface area contributed by atoms with Gasteiger partial charge in [-0.05, 0) is 38.0 Å². The van der Waals surface area contributed by atoms with Crippen molar-refractivity contribution in [3.05, 3.63) is 59.7 Å². The minimum atomic E-state index is -0.605. The Labute approximate surface area is 171 Å². The second kappa shape index (κ2) is 8.55. The van der Waals surface area contributed by atoms with E-state index in [1.807, 2.05) is 69.3 Å². The van der Waals surface area contributed by atoms with Gasteiger partial charge in [0.05, 0.1) is 12.3 Å². The zero-order chi connectivity index (χ0) is 21.0. The van der Waals surface area contributed by atoms with Crippen molar-refractivity contribution in [1.29, 1.82) is 0 Å². The number of hydrogen-bond acceptors (Lipinski definition) is 5. The van der Waals surface area contributed by atoms with E-state index in [9.17, 15) is 9.59 Å². The zero-order valence-corrected chi connectivity index (χ0v) is 17.3. The van der Waals surface area contributed by atoms with Crippen LogP contribution in [0.5, 0.6) is 5.75 Å². The van der Waals surface area contributed by atoms with E-state index < -0.39 is 11.7 Å².